The molecule has 1 heterocycles. The highest BCUT2D eigenvalue weighted by molar-refractivity contribution is 5.88. The van der Waals surface area contributed by atoms with Crippen molar-refractivity contribution in [1.29, 1.82) is 0 Å². The zero-order valence-electron chi connectivity index (χ0n) is 25.5. The Labute approximate surface area is 250 Å². The molecule has 1 rings (SSSR count). The van der Waals surface area contributed by atoms with Crippen molar-refractivity contribution in [2.24, 2.45) is 11.7 Å². The van der Waals surface area contributed by atoms with Gasteiger partial charge in [0.25, 0.3) is 0 Å². The number of aliphatic hydroxyl groups is 2. The fourth-order valence-corrected chi connectivity index (χ4v) is 4.17. The van der Waals surface area contributed by atoms with E-state index >= 15 is 0 Å². The fraction of sp³-hybridized carbons (Fsp3) is 0.485. The van der Waals surface area contributed by atoms with Gasteiger partial charge >= 0.3 is 12.1 Å². The van der Waals surface area contributed by atoms with E-state index in [4.69, 9.17) is 15.2 Å². The number of rotatable bonds is 6. The molecule has 0 aliphatic carbocycles. The lowest BCUT2D eigenvalue weighted by Crippen LogP contribution is -2.32. The number of carbonyl (C=O) groups is 3. The molecule has 1 aliphatic heterocycles. The molecule has 42 heavy (non-hydrogen) atoms. The van der Waals surface area contributed by atoms with E-state index in [1.165, 1.54) is 24.3 Å². The number of esters is 1. The summed E-state index contributed by atoms with van der Waals surface area (Å²) >= 11 is 0. The van der Waals surface area contributed by atoms with Crippen LogP contribution in [0.3, 0.4) is 0 Å². The van der Waals surface area contributed by atoms with E-state index < -0.39 is 36.5 Å². The maximum atomic E-state index is 12.6. The first-order chi connectivity index (χ1) is 19.9. The highest BCUT2D eigenvalue weighted by Crippen LogP contribution is 2.21. The van der Waals surface area contributed by atoms with Gasteiger partial charge in [-0.15, -0.1) is 0 Å². The van der Waals surface area contributed by atoms with Crippen LogP contribution in [0.2, 0.25) is 0 Å². The summed E-state index contributed by atoms with van der Waals surface area (Å²) in [5, 5.41) is 23.4. The van der Waals surface area contributed by atoms with E-state index in [9.17, 15) is 24.6 Å². The first-order valence-electron chi connectivity index (χ1n) is 14.4. The molecule has 1 unspecified atom stereocenters. The number of hydrogen-bond acceptors (Lipinski definition) is 7. The van der Waals surface area contributed by atoms with Crippen molar-refractivity contribution < 1.29 is 34.1 Å². The molecular formula is C33H48N2O7. The second-order valence-electron chi connectivity index (χ2n) is 10.8. The van der Waals surface area contributed by atoms with Crippen molar-refractivity contribution >= 4 is 18.0 Å². The van der Waals surface area contributed by atoms with Gasteiger partial charge in [0, 0.05) is 30.7 Å². The molecule has 5 atom stereocenters. The third-order valence-corrected chi connectivity index (χ3v) is 6.33. The first-order valence-corrected chi connectivity index (χ1v) is 14.4. The summed E-state index contributed by atoms with van der Waals surface area (Å²) < 4.78 is 10.9. The standard InChI is InChI=1S/C33H48N2O7/c1-23(2)20-31(38)35-19-18-25(4)21-26(5)30-22-24(3)12-8-6-10-14-29(42-33(34)40)28(37)17-16-27(36)13-9-7-11-15-32(39)41-30/h6,8,11-12,15-21,26-30,36-37H,7,9-10,13-14,22H2,1-5H3,(H2,34,40)(H,35,38)/b8-6+,15-11+,17-16+,19-18+,24-12+,25-21+/t26-,27?,28-,29-,30-/m1/s1. The summed E-state index contributed by atoms with van der Waals surface area (Å²) in [7, 11) is 0. The normalized spacial score (nSPS) is 27.8. The van der Waals surface area contributed by atoms with Crippen LogP contribution >= 0.6 is 0 Å². The molecule has 1 aliphatic rings. The first kappa shape index (κ1) is 36.3. The molecule has 9 nitrogen and oxygen atoms in total. The van der Waals surface area contributed by atoms with Crippen LogP contribution < -0.4 is 11.1 Å². The van der Waals surface area contributed by atoms with Gasteiger partial charge in [-0.3, -0.25) is 4.79 Å². The second kappa shape index (κ2) is 20.2. The molecule has 2 amide bonds. The van der Waals surface area contributed by atoms with Crippen LogP contribution in [0.25, 0.3) is 0 Å². The van der Waals surface area contributed by atoms with Crippen molar-refractivity contribution in [1.82, 2.24) is 5.32 Å². The van der Waals surface area contributed by atoms with E-state index in [2.05, 4.69) is 5.32 Å². The predicted octanol–water partition coefficient (Wildman–Crippen LogP) is 5.23. The highest BCUT2D eigenvalue weighted by Gasteiger charge is 2.21. The number of carbonyl (C=O) groups excluding carboxylic acids is 3. The smallest absolute Gasteiger partial charge is 0.404 e. The van der Waals surface area contributed by atoms with Crippen molar-refractivity contribution in [2.75, 3.05) is 0 Å². The van der Waals surface area contributed by atoms with Crippen LogP contribution in [-0.2, 0) is 19.1 Å². The van der Waals surface area contributed by atoms with Gasteiger partial charge in [0.2, 0.25) is 5.91 Å². The summed E-state index contributed by atoms with van der Waals surface area (Å²) in [5.74, 6) is -0.764. The third-order valence-electron chi connectivity index (χ3n) is 6.33. The average molecular weight is 585 g/mol. The number of nitrogens with one attached hydrogen (secondary N) is 1. The molecular weight excluding hydrogens is 536 g/mol. The van der Waals surface area contributed by atoms with Crippen LogP contribution in [-0.4, -0.2) is 52.6 Å². The Morgan fingerprint density at radius 3 is 2.57 bits per heavy atom. The molecule has 5 N–H and O–H groups in total. The summed E-state index contributed by atoms with van der Waals surface area (Å²) in [6.07, 6.45) is 17.3. The van der Waals surface area contributed by atoms with Crippen LogP contribution in [0, 0.1) is 5.92 Å². The maximum Gasteiger partial charge on any atom is 0.404 e. The minimum atomic E-state index is -1.11. The van der Waals surface area contributed by atoms with Gasteiger partial charge in [0.05, 0.1) is 6.10 Å². The van der Waals surface area contributed by atoms with Crippen LogP contribution in [0.5, 0.6) is 0 Å². The largest absolute Gasteiger partial charge is 0.458 e. The van der Waals surface area contributed by atoms with E-state index in [1.807, 2.05) is 58.9 Å². The second-order valence-corrected chi connectivity index (χ2v) is 10.8. The highest BCUT2D eigenvalue weighted by atomic mass is 16.6. The lowest BCUT2D eigenvalue weighted by atomic mass is 9.95. The summed E-state index contributed by atoms with van der Waals surface area (Å²) in [5.41, 5.74) is 7.98. The van der Waals surface area contributed by atoms with E-state index in [1.54, 1.807) is 18.4 Å². The van der Waals surface area contributed by atoms with Crippen molar-refractivity contribution in [2.45, 2.75) is 97.6 Å². The lowest BCUT2D eigenvalue weighted by Gasteiger charge is -2.22. The van der Waals surface area contributed by atoms with Gasteiger partial charge in [0.1, 0.15) is 18.3 Å². The van der Waals surface area contributed by atoms with E-state index in [-0.39, 0.29) is 11.8 Å². The Hall–Kier alpha value is -3.69. The molecule has 9 heteroatoms. The number of ether oxygens (including phenoxy) is 2. The van der Waals surface area contributed by atoms with Crippen molar-refractivity contribution in [3.05, 3.63) is 83.7 Å². The van der Waals surface area contributed by atoms with Crippen LogP contribution in [0.1, 0.15) is 73.1 Å². The molecule has 0 radical (unpaired) electrons. The molecule has 0 saturated carbocycles. The topological polar surface area (TPSA) is 148 Å². The summed E-state index contributed by atoms with van der Waals surface area (Å²) in [6, 6.07) is 0. The number of cyclic esters (lactones) is 1. The number of hydrogen-bond donors (Lipinski definition) is 4. The molecule has 0 bridgehead atoms. The fourth-order valence-electron chi connectivity index (χ4n) is 4.17. The van der Waals surface area contributed by atoms with Gasteiger partial charge < -0.3 is 30.7 Å². The Morgan fingerprint density at radius 2 is 1.88 bits per heavy atom. The Kier molecular flexibility index (Phi) is 17.5. The molecule has 0 aromatic carbocycles. The van der Waals surface area contributed by atoms with Gasteiger partial charge in [-0.2, -0.15) is 0 Å². The Bertz CT molecular complexity index is 1090. The molecule has 0 aromatic rings. The lowest BCUT2D eigenvalue weighted by molar-refractivity contribution is -0.144. The summed E-state index contributed by atoms with van der Waals surface area (Å²) in [6.45, 7) is 9.54. The number of primary amides is 1. The van der Waals surface area contributed by atoms with Crippen LogP contribution in [0.15, 0.2) is 83.7 Å². The predicted molar refractivity (Wildman–Crippen MR) is 165 cm³/mol. The van der Waals surface area contributed by atoms with Gasteiger partial charge in [-0.05, 0) is 65.9 Å². The van der Waals surface area contributed by atoms with Gasteiger partial charge in [-0.1, -0.05) is 66.2 Å². The molecule has 0 fully saturated rings. The monoisotopic (exact) mass is 584 g/mol. The maximum absolute atomic E-state index is 12.6. The zero-order chi connectivity index (χ0) is 31.5. The molecule has 0 spiro atoms. The SMILES string of the molecule is CC(C)=CC(=O)N/C=C/C(C)=C/[C@@H](C)[C@H]1C/C(C)=C/C=C/CC[C@@H](OC(N)=O)[C@H](O)/C=C/C(O)CCC/C=C/C(=O)O1. The quantitative estimate of drug-likeness (QED) is 0.145. The van der Waals surface area contributed by atoms with Crippen molar-refractivity contribution in [3.8, 4) is 0 Å². The number of nitrogens with two attached hydrogens (primary N) is 1. The molecule has 0 aromatic heterocycles. The average Bonchev–Trinajstić information content (AvgIpc) is 2.89. The number of aliphatic hydroxyl groups excluding tert-OH is 2. The third kappa shape index (κ3) is 17.2. The Morgan fingerprint density at radius 1 is 1.14 bits per heavy atom. The van der Waals surface area contributed by atoms with Gasteiger partial charge in [-0.25, -0.2) is 9.59 Å². The molecule has 0 saturated heterocycles. The van der Waals surface area contributed by atoms with Gasteiger partial charge in [0.15, 0.2) is 0 Å². The van der Waals surface area contributed by atoms with E-state index in [0.29, 0.717) is 38.5 Å². The molecule has 232 valence electrons. The zero-order valence-corrected chi connectivity index (χ0v) is 25.5. The minimum Gasteiger partial charge on any atom is -0.458 e. The minimum absolute atomic E-state index is 0.124. The summed E-state index contributed by atoms with van der Waals surface area (Å²) in [4.78, 5) is 35.8. The Balaban J connectivity index is 3.09. The van der Waals surface area contributed by atoms with Crippen LogP contribution in [0.4, 0.5) is 4.79 Å². The number of amides is 2. The number of allylic oxidation sites excluding steroid dienone is 7. The van der Waals surface area contributed by atoms with E-state index in [0.717, 1.165) is 16.7 Å². The van der Waals surface area contributed by atoms with Crippen molar-refractivity contribution in [3.63, 3.8) is 0 Å².